The predicted octanol–water partition coefficient (Wildman–Crippen LogP) is 0.708. The lowest BCUT2D eigenvalue weighted by molar-refractivity contribution is -0.139. The van der Waals surface area contributed by atoms with Gasteiger partial charge in [-0.05, 0) is 12.5 Å². The fourth-order valence-electron chi connectivity index (χ4n) is 1.41. The molecule has 0 heterocycles. The molecule has 5 nitrogen and oxygen atoms in total. The Labute approximate surface area is 106 Å². The van der Waals surface area contributed by atoms with E-state index in [-0.39, 0.29) is 12.5 Å². The van der Waals surface area contributed by atoms with Crippen molar-refractivity contribution in [3.05, 3.63) is 35.9 Å². The fraction of sp³-hybridized carbons (Fsp3) is 0.385. The summed E-state index contributed by atoms with van der Waals surface area (Å²) in [6.45, 7) is 2.05. The molecule has 1 unspecified atom stereocenters. The topological polar surface area (TPSA) is 69.6 Å². The lowest BCUT2D eigenvalue weighted by atomic mass is 10.2. The van der Waals surface area contributed by atoms with Gasteiger partial charge in [-0.25, -0.2) is 0 Å². The number of rotatable bonds is 6. The SMILES string of the molecule is CC(NCC(=O)N(C)Cc1ccccc1)C(=O)O. The third kappa shape index (κ3) is 4.55. The predicted molar refractivity (Wildman–Crippen MR) is 68.0 cm³/mol. The number of nitrogens with one attached hydrogen (secondary N) is 1. The van der Waals surface area contributed by atoms with Crippen molar-refractivity contribution in [3.8, 4) is 0 Å². The van der Waals surface area contributed by atoms with Crippen molar-refractivity contribution in [1.82, 2.24) is 10.2 Å². The number of carbonyl (C=O) groups is 2. The average molecular weight is 250 g/mol. The van der Waals surface area contributed by atoms with Gasteiger partial charge in [0.2, 0.25) is 5.91 Å². The second-order valence-corrected chi connectivity index (χ2v) is 4.18. The summed E-state index contributed by atoms with van der Waals surface area (Å²) >= 11 is 0. The van der Waals surface area contributed by atoms with Crippen LogP contribution in [0.15, 0.2) is 30.3 Å². The quantitative estimate of drug-likeness (QED) is 0.780. The smallest absolute Gasteiger partial charge is 0.320 e. The second-order valence-electron chi connectivity index (χ2n) is 4.18. The molecular formula is C13H18N2O3. The Bertz CT molecular complexity index is 406. The molecule has 0 radical (unpaired) electrons. The number of carboxylic acid groups (broad SMARTS) is 1. The first-order valence-electron chi connectivity index (χ1n) is 5.74. The van der Waals surface area contributed by atoms with Crippen molar-refractivity contribution in [2.75, 3.05) is 13.6 Å². The first kappa shape index (κ1) is 14.2. The minimum absolute atomic E-state index is 0.0246. The van der Waals surface area contributed by atoms with Crippen LogP contribution in [0, 0.1) is 0 Å². The van der Waals surface area contributed by atoms with Gasteiger partial charge in [-0.1, -0.05) is 30.3 Å². The van der Waals surface area contributed by atoms with Gasteiger partial charge in [0.25, 0.3) is 0 Å². The van der Waals surface area contributed by atoms with Crippen molar-refractivity contribution in [1.29, 1.82) is 0 Å². The van der Waals surface area contributed by atoms with Gasteiger partial charge in [0.15, 0.2) is 0 Å². The van der Waals surface area contributed by atoms with Gasteiger partial charge in [-0.2, -0.15) is 0 Å². The van der Waals surface area contributed by atoms with Crippen molar-refractivity contribution < 1.29 is 14.7 Å². The van der Waals surface area contributed by atoms with Crippen LogP contribution in [0.2, 0.25) is 0 Å². The first-order chi connectivity index (χ1) is 8.50. The molecule has 0 fully saturated rings. The highest BCUT2D eigenvalue weighted by atomic mass is 16.4. The Morgan fingerprint density at radius 2 is 1.94 bits per heavy atom. The fourth-order valence-corrected chi connectivity index (χ4v) is 1.41. The summed E-state index contributed by atoms with van der Waals surface area (Å²) in [6, 6.07) is 8.91. The van der Waals surface area contributed by atoms with Crippen LogP contribution in [-0.4, -0.2) is 41.5 Å². The number of aliphatic carboxylic acids is 1. The monoisotopic (exact) mass is 250 g/mol. The molecule has 0 spiro atoms. The molecule has 5 heteroatoms. The Morgan fingerprint density at radius 3 is 2.50 bits per heavy atom. The number of benzene rings is 1. The Balaban J connectivity index is 2.40. The van der Waals surface area contributed by atoms with E-state index in [9.17, 15) is 9.59 Å². The molecule has 1 amide bonds. The molecule has 2 N–H and O–H groups in total. The lowest BCUT2D eigenvalue weighted by Crippen LogP contribution is -2.41. The maximum absolute atomic E-state index is 11.7. The molecule has 1 atom stereocenters. The molecule has 1 aromatic rings. The van der Waals surface area contributed by atoms with Crippen LogP contribution in [-0.2, 0) is 16.1 Å². The summed E-state index contributed by atoms with van der Waals surface area (Å²) in [7, 11) is 1.70. The van der Waals surface area contributed by atoms with Crippen LogP contribution in [0.5, 0.6) is 0 Å². The van der Waals surface area contributed by atoms with Crippen LogP contribution in [0.3, 0.4) is 0 Å². The van der Waals surface area contributed by atoms with Crippen molar-refractivity contribution >= 4 is 11.9 Å². The van der Waals surface area contributed by atoms with E-state index in [0.717, 1.165) is 5.56 Å². The van der Waals surface area contributed by atoms with Gasteiger partial charge in [0, 0.05) is 13.6 Å². The van der Waals surface area contributed by atoms with Crippen molar-refractivity contribution in [3.63, 3.8) is 0 Å². The third-order valence-electron chi connectivity index (χ3n) is 2.62. The van der Waals surface area contributed by atoms with Crippen LogP contribution in [0.4, 0.5) is 0 Å². The van der Waals surface area contributed by atoms with Gasteiger partial charge in [0.05, 0.1) is 6.54 Å². The van der Waals surface area contributed by atoms with E-state index in [0.29, 0.717) is 6.54 Å². The summed E-state index contributed by atoms with van der Waals surface area (Å²) < 4.78 is 0. The molecule has 0 aliphatic rings. The average Bonchev–Trinajstić information content (AvgIpc) is 2.36. The third-order valence-corrected chi connectivity index (χ3v) is 2.62. The molecule has 0 saturated heterocycles. The maximum Gasteiger partial charge on any atom is 0.320 e. The Morgan fingerprint density at radius 1 is 1.33 bits per heavy atom. The Kier molecular flexibility index (Phi) is 5.32. The van der Waals surface area contributed by atoms with E-state index in [1.807, 2.05) is 30.3 Å². The number of carbonyl (C=O) groups excluding carboxylic acids is 1. The first-order valence-corrected chi connectivity index (χ1v) is 5.74. The van der Waals surface area contributed by atoms with Crippen molar-refractivity contribution in [2.45, 2.75) is 19.5 Å². The van der Waals surface area contributed by atoms with Crippen molar-refractivity contribution in [2.24, 2.45) is 0 Å². The molecule has 1 rings (SSSR count). The highest BCUT2D eigenvalue weighted by molar-refractivity contribution is 5.79. The molecule has 0 aliphatic carbocycles. The van der Waals surface area contributed by atoms with Gasteiger partial charge >= 0.3 is 5.97 Å². The van der Waals surface area contributed by atoms with E-state index in [2.05, 4.69) is 5.32 Å². The molecule has 0 saturated carbocycles. The number of likely N-dealkylation sites (N-methyl/N-ethyl adjacent to an activating group) is 1. The molecular weight excluding hydrogens is 232 g/mol. The molecule has 98 valence electrons. The highest BCUT2D eigenvalue weighted by Gasteiger charge is 2.14. The number of nitrogens with zero attached hydrogens (tertiary/aromatic N) is 1. The Hall–Kier alpha value is -1.88. The highest BCUT2D eigenvalue weighted by Crippen LogP contribution is 2.02. The summed E-state index contributed by atoms with van der Waals surface area (Å²) in [5.41, 5.74) is 1.04. The van der Waals surface area contributed by atoms with Gasteiger partial charge in [-0.3, -0.25) is 14.9 Å². The summed E-state index contributed by atoms with van der Waals surface area (Å²) in [6.07, 6.45) is 0. The zero-order valence-electron chi connectivity index (χ0n) is 10.6. The summed E-state index contributed by atoms with van der Waals surface area (Å²) in [5, 5.41) is 11.3. The largest absolute Gasteiger partial charge is 0.480 e. The minimum atomic E-state index is -0.964. The van der Waals surface area contributed by atoms with E-state index in [4.69, 9.17) is 5.11 Å². The maximum atomic E-state index is 11.7. The number of hydrogen-bond acceptors (Lipinski definition) is 3. The normalized spacial score (nSPS) is 11.9. The van der Waals surface area contributed by atoms with E-state index in [1.54, 1.807) is 11.9 Å². The van der Waals surface area contributed by atoms with E-state index >= 15 is 0 Å². The van der Waals surface area contributed by atoms with Crippen LogP contribution in [0.1, 0.15) is 12.5 Å². The second kappa shape index (κ2) is 6.76. The zero-order valence-corrected chi connectivity index (χ0v) is 10.6. The molecule has 0 aromatic heterocycles. The summed E-state index contributed by atoms with van der Waals surface area (Å²) in [4.78, 5) is 23.9. The number of carboxylic acids is 1. The van der Waals surface area contributed by atoms with Crippen LogP contribution < -0.4 is 5.32 Å². The van der Waals surface area contributed by atoms with Gasteiger partial charge in [0.1, 0.15) is 6.04 Å². The van der Waals surface area contributed by atoms with Crippen LogP contribution >= 0.6 is 0 Å². The number of amides is 1. The zero-order chi connectivity index (χ0) is 13.5. The summed E-state index contributed by atoms with van der Waals surface area (Å²) in [5.74, 6) is -1.10. The van der Waals surface area contributed by atoms with E-state index < -0.39 is 12.0 Å². The standard InChI is InChI=1S/C13H18N2O3/c1-10(13(17)18)14-8-12(16)15(2)9-11-6-4-3-5-7-11/h3-7,10,14H,8-9H2,1-2H3,(H,17,18). The van der Waals surface area contributed by atoms with Gasteiger partial charge < -0.3 is 10.0 Å². The van der Waals surface area contributed by atoms with E-state index in [1.165, 1.54) is 6.92 Å². The lowest BCUT2D eigenvalue weighted by Gasteiger charge is -2.18. The molecule has 0 bridgehead atoms. The van der Waals surface area contributed by atoms with Crippen LogP contribution in [0.25, 0.3) is 0 Å². The minimum Gasteiger partial charge on any atom is -0.480 e. The molecule has 0 aliphatic heterocycles. The molecule has 1 aromatic carbocycles. The molecule has 18 heavy (non-hydrogen) atoms. The number of hydrogen-bond donors (Lipinski definition) is 2. The van der Waals surface area contributed by atoms with Gasteiger partial charge in [-0.15, -0.1) is 0 Å².